The van der Waals surface area contributed by atoms with Gasteiger partial charge in [0.15, 0.2) is 17.2 Å². The van der Waals surface area contributed by atoms with Crippen molar-refractivity contribution in [2.75, 3.05) is 21.1 Å². The average Bonchev–Trinajstić information content (AvgIpc) is 2.96. The third kappa shape index (κ3) is 3.81. The molecule has 0 amide bonds. The molecule has 0 aromatic carbocycles. The second-order valence-corrected chi connectivity index (χ2v) is 11.4. The highest BCUT2D eigenvalue weighted by molar-refractivity contribution is 5.92. The molecular weight excluding hydrogens is 402 g/mol. The van der Waals surface area contributed by atoms with E-state index in [1.54, 1.807) is 6.92 Å². The molecule has 32 heavy (non-hydrogen) atoms. The number of esters is 1. The Balaban J connectivity index is 0.000000668. The van der Waals surface area contributed by atoms with Gasteiger partial charge in [0.2, 0.25) is 0 Å². The number of hydrogen-bond donors (Lipinski definition) is 0. The van der Waals surface area contributed by atoms with E-state index >= 15 is 0 Å². The van der Waals surface area contributed by atoms with Crippen LogP contribution in [0, 0.1) is 28.6 Å². The molecule has 0 heterocycles. The van der Waals surface area contributed by atoms with Crippen LogP contribution in [0.5, 0.6) is 0 Å². The monoisotopic (exact) mass is 443 g/mol. The van der Waals surface area contributed by atoms with Crippen molar-refractivity contribution in [1.29, 1.82) is 0 Å². The Morgan fingerprint density at radius 2 is 1.62 bits per heavy atom. The summed E-state index contributed by atoms with van der Waals surface area (Å²) < 4.78 is 5.82. The van der Waals surface area contributed by atoms with Gasteiger partial charge in [-0.25, -0.2) is 0 Å². The quantitative estimate of drug-likeness (QED) is 0.576. The lowest BCUT2D eigenvalue weighted by atomic mass is 9.47. The Kier molecular flexibility index (Phi) is 6.65. The van der Waals surface area contributed by atoms with Crippen LogP contribution in [-0.2, 0) is 19.1 Å². The molecule has 6 atom stereocenters. The summed E-state index contributed by atoms with van der Waals surface area (Å²) in [6, 6.07) is 0. The summed E-state index contributed by atoms with van der Waals surface area (Å²) in [5.41, 5.74) is 1.15. The normalized spacial score (nSPS) is 40.2. The van der Waals surface area contributed by atoms with Crippen molar-refractivity contribution in [2.45, 2.75) is 78.7 Å². The van der Waals surface area contributed by atoms with Gasteiger partial charge in [-0.05, 0) is 102 Å². The maximum atomic E-state index is 12.8. The van der Waals surface area contributed by atoms with E-state index in [9.17, 15) is 14.4 Å². The third-order valence-electron chi connectivity index (χ3n) is 8.84. The van der Waals surface area contributed by atoms with E-state index in [1.807, 2.05) is 32.1 Å². The standard InChI is InChI=1S/C24H32O4.C3H9N/c1-14-12-18-19(22(4)9-6-17(27)13-21(14)22)7-10-23(5)20(18)8-11-24(23,15(2)25)28-16(3)26;1-4(2)3/h12-13,18-20H,6-11H2,1-5H3;1-3H3/t18-,19+,20+,22-,23+,24+;/m1./s1. The number of ether oxygens (including phenoxy) is 1. The Hall–Kier alpha value is -1.75. The summed E-state index contributed by atoms with van der Waals surface area (Å²) in [7, 11) is 6.00. The van der Waals surface area contributed by atoms with E-state index in [4.69, 9.17) is 4.74 Å². The molecule has 178 valence electrons. The van der Waals surface area contributed by atoms with Gasteiger partial charge in [0, 0.05) is 18.8 Å². The molecule has 0 aromatic rings. The number of allylic oxidation sites excluding steroid dienone is 4. The van der Waals surface area contributed by atoms with Crippen molar-refractivity contribution in [3.8, 4) is 0 Å². The van der Waals surface area contributed by atoms with Gasteiger partial charge in [0.25, 0.3) is 0 Å². The van der Waals surface area contributed by atoms with Crippen LogP contribution in [0.2, 0.25) is 0 Å². The van der Waals surface area contributed by atoms with E-state index < -0.39 is 5.60 Å². The predicted octanol–water partition coefficient (Wildman–Crippen LogP) is 4.75. The number of hydrogen-bond acceptors (Lipinski definition) is 5. The summed E-state index contributed by atoms with van der Waals surface area (Å²) >= 11 is 0. The lowest BCUT2D eigenvalue weighted by molar-refractivity contribution is -0.185. The number of rotatable bonds is 2. The summed E-state index contributed by atoms with van der Waals surface area (Å²) in [6.45, 7) is 9.63. The number of fused-ring (bicyclic) bond motifs is 5. The van der Waals surface area contributed by atoms with E-state index in [0.29, 0.717) is 30.6 Å². The van der Waals surface area contributed by atoms with Crippen LogP contribution in [0.3, 0.4) is 0 Å². The van der Waals surface area contributed by atoms with Crippen LogP contribution in [0.25, 0.3) is 0 Å². The van der Waals surface area contributed by atoms with Gasteiger partial charge < -0.3 is 9.64 Å². The fourth-order valence-electron chi connectivity index (χ4n) is 7.48. The highest BCUT2D eigenvalue weighted by Crippen LogP contribution is 2.67. The maximum absolute atomic E-state index is 12.8. The van der Waals surface area contributed by atoms with Crippen LogP contribution in [-0.4, -0.2) is 49.2 Å². The molecule has 0 aliphatic heterocycles. The molecule has 4 aliphatic rings. The summed E-state index contributed by atoms with van der Waals surface area (Å²) in [6.07, 6.45) is 9.20. The number of carbonyl (C=O) groups is 3. The minimum absolute atomic E-state index is 0.0160. The molecule has 5 nitrogen and oxygen atoms in total. The molecule has 2 saturated carbocycles. The largest absolute Gasteiger partial charge is 0.451 e. The van der Waals surface area contributed by atoms with Gasteiger partial charge >= 0.3 is 5.97 Å². The first-order chi connectivity index (χ1) is 14.8. The van der Waals surface area contributed by atoms with Crippen LogP contribution in [0.15, 0.2) is 23.3 Å². The van der Waals surface area contributed by atoms with Crippen molar-refractivity contribution in [2.24, 2.45) is 28.6 Å². The van der Waals surface area contributed by atoms with E-state index in [2.05, 4.69) is 26.8 Å². The molecule has 0 spiro atoms. The first-order valence-corrected chi connectivity index (χ1v) is 12.0. The van der Waals surface area contributed by atoms with Crippen molar-refractivity contribution >= 4 is 17.5 Å². The smallest absolute Gasteiger partial charge is 0.303 e. The molecule has 0 N–H and O–H groups in total. The molecule has 4 rings (SSSR count). The molecule has 0 saturated heterocycles. The van der Waals surface area contributed by atoms with Crippen molar-refractivity contribution < 1.29 is 19.1 Å². The molecular formula is C27H41NO4. The SMILES string of the molecule is CC(=O)O[C@]1(C(C)=O)CC[C@H]2[C@@H]3C=C(C)C4=CC(=O)CC[C@]4(C)[C@H]3CC[C@@]21C.CN(C)C. The third-order valence-corrected chi connectivity index (χ3v) is 8.84. The van der Waals surface area contributed by atoms with Crippen LogP contribution in [0.4, 0.5) is 0 Å². The molecule has 0 bridgehead atoms. The zero-order valence-electron chi connectivity index (χ0n) is 21.2. The van der Waals surface area contributed by atoms with E-state index in [-0.39, 0.29) is 28.4 Å². The Bertz CT molecular complexity index is 868. The molecule has 0 aromatic heterocycles. The van der Waals surface area contributed by atoms with Crippen LogP contribution < -0.4 is 0 Å². The number of ketones is 2. The van der Waals surface area contributed by atoms with E-state index in [1.165, 1.54) is 18.1 Å². The Morgan fingerprint density at radius 1 is 1.03 bits per heavy atom. The minimum atomic E-state index is -0.990. The number of carbonyl (C=O) groups excluding carboxylic acids is 3. The summed E-state index contributed by atoms with van der Waals surface area (Å²) in [5.74, 6) is 1.03. The molecule has 2 fully saturated rings. The van der Waals surface area contributed by atoms with Crippen LogP contribution in [0.1, 0.15) is 73.1 Å². The number of Topliss-reactive ketones (excluding diaryl/α,β-unsaturated/α-hetero) is 1. The summed E-state index contributed by atoms with van der Waals surface area (Å²) in [5, 5.41) is 0. The second-order valence-electron chi connectivity index (χ2n) is 11.4. The zero-order valence-corrected chi connectivity index (χ0v) is 21.2. The van der Waals surface area contributed by atoms with Gasteiger partial charge in [-0.15, -0.1) is 0 Å². The molecule has 0 radical (unpaired) electrons. The van der Waals surface area contributed by atoms with Gasteiger partial charge in [0.05, 0.1) is 0 Å². The lowest BCUT2D eigenvalue weighted by Gasteiger charge is -2.58. The van der Waals surface area contributed by atoms with Gasteiger partial charge in [-0.1, -0.05) is 25.5 Å². The van der Waals surface area contributed by atoms with Crippen molar-refractivity contribution in [1.82, 2.24) is 4.90 Å². The molecule has 0 unspecified atom stereocenters. The van der Waals surface area contributed by atoms with Gasteiger partial charge in [-0.3, -0.25) is 14.4 Å². The number of nitrogens with zero attached hydrogens (tertiary/aromatic N) is 1. The average molecular weight is 444 g/mol. The van der Waals surface area contributed by atoms with Crippen LogP contribution >= 0.6 is 0 Å². The van der Waals surface area contributed by atoms with Gasteiger partial charge in [-0.2, -0.15) is 0 Å². The highest BCUT2D eigenvalue weighted by atomic mass is 16.6. The van der Waals surface area contributed by atoms with E-state index in [0.717, 1.165) is 25.7 Å². The first-order valence-electron chi connectivity index (χ1n) is 12.0. The highest BCUT2D eigenvalue weighted by Gasteiger charge is 2.67. The first kappa shape index (κ1) is 24.9. The topological polar surface area (TPSA) is 63.7 Å². The summed E-state index contributed by atoms with van der Waals surface area (Å²) in [4.78, 5) is 38.8. The maximum Gasteiger partial charge on any atom is 0.303 e. The molecule has 4 aliphatic carbocycles. The molecule has 5 heteroatoms. The second kappa shape index (κ2) is 8.55. The fraction of sp³-hybridized carbons (Fsp3) is 0.741. The minimum Gasteiger partial charge on any atom is -0.451 e. The van der Waals surface area contributed by atoms with Crippen molar-refractivity contribution in [3.05, 3.63) is 23.3 Å². The fourth-order valence-corrected chi connectivity index (χ4v) is 7.48. The van der Waals surface area contributed by atoms with Crippen molar-refractivity contribution in [3.63, 3.8) is 0 Å². The lowest BCUT2D eigenvalue weighted by Crippen LogP contribution is -2.58. The van der Waals surface area contributed by atoms with Gasteiger partial charge in [0.1, 0.15) is 0 Å². The Morgan fingerprint density at radius 3 is 2.19 bits per heavy atom. The zero-order chi connectivity index (χ0) is 24.1. The predicted molar refractivity (Wildman–Crippen MR) is 126 cm³/mol. The Labute approximate surface area is 193 Å².